The Morgan fingerprint density at radius 3 is 2.50 bits per heavy atom. The molecule has 0 unspecified atom stereocenters. The molecule has 0 aliphatic carbocycles. The number of aromatic nitrogens is 4. The number of aromatic amines is 2. The number of hydrogen-bond donors (Lipinski definition) is 2. The second-order valence-electron chi connectivity index (χ2n) is 9.97. The molecule has 0 amide bonds. The van der Waals surface area contributed by atoms with Crippen molar-refractivity contribution in [3.05, 3.63) is 63.1 Å². The average Bonchev–Trinajstić information content (AvgIpc) is 3.19. The molecule has 30 heavy (non-hydrogen) atoms. The van der Waals surface area contributed by atoms with Crippen molar-refractivity contribution < 1.29 is 4.39 Å². The lowest BCUT2D eigenvalue weighted by molar-refractivity contribution is 0.486. The minimum atomic E-state index is -0.534. The minimum Gasteiger partial charge on any atom is -0.345 e. The average molecular weight is 409 g/mol. The van der Waals surface area contributed by atoms with Crippen molar-refractivity contribution in [1.82, 2.24) is 19.5 Å². The van der Waals surface area contributed by atoms with Crippen LogP contribution in [-0.4, -0.2) is 19.5 Å². The van der Waals surface area contributed by atoms with E-state index >= 15 is 0 Å². The van der Waals surface area contributed by atoms with Crippen LogP contribution in [0.1, 0.15) is 56.9 Å². The van der Waals surface area contributed by atoms with Gasteiger partial charge in [-0.1, -0.05) is 40.7 Å². The Kier molecular flexibility index (Phi) is 4.46. The van der Waals surface area contributed by atoms with Crippen LogP contribution in [0.25, 0.3) is 22.1 Å². The Morgan fingerprint density at radius 2 is 1.83 bits per heavy atom. The highest BCUT2D eigenvalue weighted by atomic mass is 19.1. The number of nitrogens with zero attached hydrogens (tertiary/aromatic N) is 2. The summed E-state index contributed by atoms with van der Waals surface area (Å²) in [5.41, 5.74) is 6.32. The molecule has 0 bridgehead atoms. The summed E-state index contributed by atoms with van der Waals surface area (Å²) in [6.45, 7) is 12.6. The first kappa shape index (κ1) is 20.4. The van der Waals surface area contributed by atoms with Crippen molar-refractivity contribution in [2.24, 2.45) is 7.05 Å². The van der Waals surface area contributed by atoms with Crippen LogP contribution in [0.4, 0.5) is 4.39 Å². The fourth-order valence-corrected chi connectivity index (χ4v) is 4.91. The lowest BCUT2D eigenvalue weighted by Crippen LogP contribution is -2.24. The maximum atomic E-state index is 15.0. The number of halogens is 1. The number of imidazole rings is 2. The third-order valence-electron chi connectivity index (χ3n) is 6.05. The number of rotatable bonds is 3. The molecular formula is C24H29FN4O. The van der Waals surface area contributed by atoms with E-state index in [-0.39, 0.29) is 16.9 Å². The first-order valence-electron chi connectivity index (χ1n) is 10.3. The molecule has 0 saturated heterocycles. The molecule has 0 aliphatic rings. The van der Waals surface area contributed by atoms with Gasteiger partial charge in [0.2, 0.25) is 0 Å². The van der Waals surface area contributed by atoms with Gasteiger partial charge in [-0.2, -0.15) is 0 Å². The van der Waals surface area contributed by atoms with E-state index in [4.69, 9.17) is 0 Å². The number of fused-ring (bicyclic) bond motifs is 2. The fourth-order valence-electron chi connectivity index (χ4n) is 4.91. The molecule has 6 heteroatoms. The van der Waals surface area contributed by atoms with E-state index in [9.17, 15) is 9.18 Å². The molecule has 4 rings (SSSR count). The highest BCUT2D eigenvalue weighted by Gasteiger charge is 2.31. The van der Waals surface area contributed by atoms with Gasteiger partial charge in [-0.05, 0) is 53.0 Å². The Balaban J connectivity index is 1.95. The molecule has 2 aromatic heterocycles. The summed E-state index contributed by atoms with van der Waals surface area (Å²) in [7, 11) is 1.80. The number of benzene rings is 2. The number of hydrogen-bond acceptors (Lipinski definition) is 2. The predicted molar refractivity (Wildman–Crippen MR) is 120 cm³/mol. The molecule has 0 fully saturated rings. The summed E-state index contributed by atoms with van der Waals surface area (Å²) in [6, 6.07) is 5.35. The lowest BCUT2D eigenvalue weighted by Gasteiger charge is -2.29. The summed E-state index contributed by atoms with van der Waals surface area (Å²) in [6.07, 6.45) is 2.16. The first-order chi connectivity index (χ1) is 13.9. The van der Waals surface area contributed by atoms with Crippen LogP contribution in [0, 0.1) is 12.7 Å². The van der Waals surface area contributed by atoms with Gasteiger partial charge in [-0.15, -0.1) is 0 Å². The van der Waals surface area contributed by atoms with E-state index in [0.717, 1.165) is 33.2 Å². The van der Waals surface area contributed by atoms with Gasteiger partial charge in [-0.25, -0.2) is 14.2 Å². The van der Waals surface area contributed by atoms with Crippen molar-refractivity contribution >= 4 is 22.1 Å². The molecule has 2 aromatic carbocycles. The van der Waals surface area contributed by atoms with E-state index in [2.05, 4.69) is 48.7 Å². The molecule has 0 radical (unpaired) electrons. The fraction of sp³-hybridized carbons (Fsp3) is 0.417. The van der Waals surface area contributed by atoms with Crippen molar-refractivity contribution in [2.45, 2.75) is 58.8 Å². The Labute approximate surface area is 175 Å². The van der Waals surface area contributed by atoms with Crippen LogP contribution >= 0.6 is 0 Å². The highest BCUT2D eigenvalue weighted by molar-refractivity contribution is 5.85. The van der Waals surface area contributed by atoms with E-state index in [1.165, 1.54) is 6.07 Å². The zero-order valence-corrected chi connectivity index (χ0v) is 18.7. The SMILES string of the molecule is Cc1cc(CC(C)(C)c2c(F)ccc3[nH]cnc23)c2[nH]c(=O)n(C)c2c1C(C)(C)C. The topological polar surface area (TPSA) is 66.5 Å². The Hall–Kier alpha value is -2.89. The molecule has 2 N–H and O–H groups in total. The molecule has 4 aromatic rings. The highest BCUT2D eigenvalue weighted by Crippen LogP contribution is 2.38. The van der Waals surface area contributed by atoms with Crippen LogP contribution in [0.15, 0.2) is 29.3 Å². The second-order valence-corrected chi connectivity index (χ2v) is 9.97. The van der Waals surface area contributed by atoms with Gasteiger partial charge in [-0.3, -0.25) is 4.57 Å². The second kappa shape index (κ2) is 6.56. The number of aryl methyl sites for hydroxylation is 2. The van der Waals surface area contributed by atoms with E-state index in [1.807, 2.05) is 13.8 Å². The van der Waals surface area contributed by atoms with Gasteiger partial charge in [0, 0.05) is 12.6 Å². The van der Waals surface area contributed by atoms with E-state index < -0.39 is 5.41 Å². The maximum Gasteiger partial charge on any atom is 0.326 e. The predicted octanol–water partition coefficient (Wildman–Crippen LogP) is 5.01. The van der Waals surface area contributed by atoms with Crippen LogP contribution in [0.2, 0.25) is 0 Å². The Bertz CT molecular complexity index is 1330. The molecule has 5 nitrogen and oxygen atoms in total. The minimum absolute atomic E-state index is 0.116. The maximum absolute atomic E-state index is 15.0. The normalized spacial score (nSPS) is 12.9. The smallest absolute Gasteiger partial charge is 0.326 e. The molecule has 0 atom stereocenters. The van der Waals surface area contributed by atoms with Gasteiger partial charge >= 0.3 is 5.69 Å². The third-order valence-corrected chi connectivity index (χ3v) is 6.05. The largest absolute Gasteiger partial charge is 0.345 e. The summed E-state index contributed by atoms with van der Waals surface area (Å²) >= 11 is 0. The zero-order chi connectivity index (χ0) is 22.0. The first-order valence-corrected chi connectivity index (χ1v) is 10.3. The summed E-state index contributed by atoms with van der Waals surface area (Å²) in [4.78, 5) is 23.0. The molecule has 2 heterocycles. The molecular weight excluding hydrogens is 379 g/mol. The van der Waals surface area contributed by atoms with Gasteiger partial charge in [0.15, 0.2) is 0 Å². The Morgan fingerprint density at radius 1 is 1.13 bits per heavy atom. The molecule has 0 spiro atoms. The quantitative estimate of drug-likeness (QED) is 0.500. The van der Waals surface area contributed by atoms with Crippen molar-refractivity contribution in [2.75, 3.05) is 0 Å². The van der Waals surface area contributed by atoms with Gasteiger partial charge < -0.3 is 9.97 Å². The van der Waals surface area contributed by atoms with Crippen molar-refractivity contribution in [1.29, 1.82) is 0 Å². The van der Waals surface area contributed by atoms with E-state index in [1.54, 1.807) is 24.0 Å². The van der Waals surface area contributed by atoms with Crippen molar-refractivity contribution in [3.8, 4) is 0 Å². The standard InChI is InChI=1S/C24H29FN4O/c1-13-10-14(19-21(17(13)23(2,3)4)29(7)22(30)28-19)11-24(5,6)18-15(25)8-9-16-20(18)27-12-26-16/h8-10,12H,11H2,1-7H3,(H,26,27)(H,28,30). The third kappa shape index (κ3) is 3.06. The molecule has 0 aliphatic heterocycles. The lowest BCUT2D eigenvalue weighted by atomic mass is 9.76. The van der Waals surface area contributed by atoms with Gasteiger partial charge in [0.1, 0.15) is 5.82 Å². The molecule has 158 valence electrons. The summed E-state index contributed by atoms with van der Waals surface area (Å²) < 4.78 is 16.7. The van der Waals surface area contributed by atoms with Gasteiger partial charge in [0.05, 0.1) is 28.4 Å². The monoisotopic (exact) mass is 408 g/mol. The van der Waals surface area contributed by atoms with Crippen LogP contribution < -0.4 is 5.69 Å². The summed E-state index contributed by atoms with van der Waals surface area (Å²) in [5.74, 6) is -0.263. The van der Waals surface area contributed by atoms with E-state index in [0.29, 0.717) is 17.5 Å². The van der Waals surface area contributed by atoms with Crippen molar-refractivity contribution in [3.63, 3.8) is 0 Å². The van der Waals surface area contributed by atoms with Gasteiger partial charge in [0.25, 0.3) is 0 Å². The number of nitrogens with one attached hydrogen (secondary N) is 2. The van der Waals surface area contributed by atoms with Crippen LogP contribution in [0.5, 0.6) is 0 Å². The van der Waals surface area contributed by atoms with Crippen LogP contribution in [-0.2, 0) is 24.3 Å². The van der Waals surface area contributed by atoms with Crippen LogP contribution in [0.3, 0.4) is 0 Å². The molecule has 0 saturated carbocycles. The summed E-state index contributed by atoms with van der Waals surface area (Å²) in [5, 5.41) is 0. The zero-order valence-electron chi connectivity index (χ0n) is 18.7. The number of H-pyrrole nitrogens is 2.